The molecule has 0 aromatic carbocycles. The highest BCUT2D eigenvalue weighted by Gasteiger charge is 2.21. The molecule has 1 atom stereocenters. The number of rotatable bonds is 7. The predicted molar refractivity (Wildman–Crippen MR) is 72.6 cm³/mol. The SMILES string of the molecule is CCCCCCC(NC(=O)OC(C)(C)C)C(C)=O. The molecule has 1 N–H and O–H groups in total. The molecule has 0 aromatic heterocycles. The first kappa shape index (κ1) is 16.9. The summed E-state index contributed by atoms with van der Waals surface area (Å²) in [6.07, 6.45) is 4.54. The molecule has 0 aliphatic heterocycles. The summed E-state index contributed by atoms with van der Waals surface area (Å²) in [5.41, 5.74) is -0.534. The third-order valence-electron chi connectivity index (χ3n) is 2.53. The van der Waals surface area contributed by atoms with E-state index in [4.69, 9.17) is 4.74 Å². The van der Waals surface area contributed by atoms with Crippen molar-refractivity contribution in [1.82, 2.24) is 5.32 Å². The number of hydrogen-bond donors (Lipinski definition) is 1. The van der Waals surface area contributed by atoms with Crippen molar-refractivity contribution in [2.45, 2.75) is 78.4 Å². The number of ether oxygens (including phenoxy) is 1. The first-order valence-corrected chi connectivity index (χ1v) is 6.76. The van der Waals surface area contributed by atoms with Crippen LogP contribution in [0.1, 0.15) is 66.7 Å². The molecule has 106 valence electrons. The summed E-state index contributed by atoms with van der Waals surface area (Å²) in [5, 5.41) is 2.64. The van der Waals surface area contributed by atoms with Crippen LogP contribution in [-0.2, 0) is 9.53 Å². The van der Waals surface area contributed by atoms with E-state index in [9.17, 15) is 9.59 Å². The fraction of sp³-hybridized carbons (Fsp3) is 0.857. The van der Waals surface area contributed by atoms with Crippen molar-refractivity contribution in [3.05, 3.63) is 0 Å². The van der Waals surface area contributed by atoms with Gasteiger partial charge in [0.1, 0.15) is 5.60 Å². The molecule has 0 saturated heterocycles. The van der Waals surface area contributed by atoms with E-state index < -0.39 is 17.7 Å². The van der Waals surface area contributed by atoms with Crippen molar-refractivity contribution >= 4 is 11.9 Å². The second-order valence-corrected chi connectivity index (χ2v) is 5.66. The second kappa shape index (κ2) is 8.11. The smallest absolute Gasteiger partial charge is 0.408 e. The van der Waals surface area contributed by atoms with Crippen LogP contribution in [0.4, 0.5) is 4.79 Å². The zero-order valence-corrected chi connectivity index (χ0v) is 12.3. The van der Waals surface area contributed by atoms with Gasteiger partial charge < -0.3 is 10.1 Å². The van der Waals surface area contributed by atoms with E-state index in [-0.39, 0.29) is 5.78 Å². The maximum absolute atomic E-state index is 11.6. The molecule has 0 rings (SSSR count). The number of alkyl carbamates (subject to hydrolysis) is 1. The molecule has 0 aliphatic rings. The number of ketones is 1. The molecule has 1 amide bonds. The van der Waals surface area contributed by atoms with Crippen LogP contribution in [0.25, 0.3) is 0 Å². The number of carbonyl (C=O) groups excluding carboxylic acids is 2. The minimum absolute atomic E-state index is 0.0163. The van der Waals surface area contributed by atoms with Crippen molar-refractivity contribution in [3.8, 4) is 0 Å². The van der Waals surface area contributed by atoms with Gasteiger partial charge in [0.05, 0.1) is 6.04 Å². The van der Waals surface area contributed by atoms with Crippen LogP contribution in [0.2, 0.25) is 0 Å². The standard InChI is InChI=1S/C14H27NO3/c1-6-7-8-9-10-12(11(2)16)15-13(17)18-14(3,4)5/h12H,6-10H2,1-5H3,(H,15,17). The number of Topliss-reactive ketones (excluding diaryl/α,β-unsaturated/α-hetero) is 1. The van der Waals surface area contributed by atoms with Gasteiger partial charge in [0.15, 0.2) is 5.78 Å². The lowest BCUT2D eigenvalue weighted by molar-refractivity contribution is -0.119. The van der Waals surface area contributed by atoms with Crippen LogP contribution < -0.4 is 5.32 Å². The van der Waals surface area contributed by atoms with Crippen LogP contribution in [0.5, 0.6) is 0 Å². The van der Waals surface area contributed by atoms with E-state index >= 15 is 0 Å². The average molecular weight is 257 g/mol. The lowest BCUT2D eigenvalue weighted by Gasteiger charge is -2.22. The number of unbranched alkanes of at least 4 members (excludes halogenated alkanes) is 3. The largest absolute Gasteiger partial charge is 0.444 e. The van der Waals surface area contributed by atoms with Crippen LogP contribution in [-0.4, -0.2) is 23.5 Å². The van der Waals surface area contributed by atoms with Crippen molar-refractivity contribution in [3.63, 3.8) is 0 Å². The molecule has 4 nitrogen and oxygen atoms in total. The number of hydrogen-bond acceptors (Lipinski definition) is 3. The molecule has 0 heterocycles. The van der Waals surface area contributed by atoms with Gasteiger partial charge in [-0.3, -0.25) is 4.79 Å². The third kappa shape index (κ3) is 9.02. The monoisotopic (exact) mass is 257 g/mol. The minimum Gasteiger partial charge on any atom is -0.444 e. The van der Waals surface area contributed by atoms with Gasteiger partial charge in [0, 0.05) is 0 Å². The molecule has 0 aliphatic carbocycles. The van der Waals surface area contributed by atoms with Crippen LogP contribution >= 0.6 is 0 Å². The molecule has 4 heteroatoms. The molecule has 0 spiro atoms. The first-order valence-electron chi connectivity index (χ1n) is 6.76. The summed E-state index contributed by atoms with van der Waals surface area (Å²) >= 11 is 0. The van der Waals surface area contributed by atoms with E-state index in [0.717, 1.165) is 25.7 Å². The molecule has 1 unspecified atom stereocenters. The van der Waals surface area contributed by atoms with E-state index in [1.165, 1.54) is 6.92 Å². The van der Waals surface area contributed by atoms with E-state index in [0.29, 0.717) is 6.42 Å². The Labute approximate surface area is 110 Å². The summed E-state index contributed by atoms with van der Waals surface area (Å²) in [6.45, 7) is 9.05. The molecule has 0 radical (unpaired) electrons. The molecule has 0 aromatic rings. The van der Waals surface area contributed by atoms with E-state index in [2.05, 4.69) is 12.2 Å². The number of nitrogens with one attached hydrogen (secondary N) is 1. The Balaban J connectivity index is 4.11. The Kier molecular flexibility index (Phi) is 7.64. The number of amides is 1. The summed E-state index contributed by atoms with van der Waals surface area (Å²) < 4.78 is 5.14. The van der Waals surface area contributed by atoms with Crippen LogP contribution in [0.15, 0.2) is 0 Å². The van der Waals surface area contributed by atoms with Gasteiger partial charge >= 0.3 is 6.09 Å². The Morgan fingerprint density at radius 3 is 2.22 bits per heavy atom. The van der Waals surface area contributed by atoms with Crippen molar-refractivity contribution < 1.29 is 14.3 Å². The van der Waals surface area contributed by atoms with Crippen LogP contribution in [0, 0.1) is 0 Å². The topological polar surface area (TPSA) is 55.4 Å². The lowest BCUT2D eigenvalue weighted by Crippen LogP contribution is -2.42. The molecular weight excluding hydrogens is 230 g/mol. The third-order valence-corrected chi connectivity index (χ3v) is 2.53. The highest BCUT2D eigenvalue weighted by atomic mass is 16.6. The predicted octanol–water partition coefficient (Wildman–Crippen LogP) is 3.44. The van der Waals surface area contributed by atoms with Gasteiger partial charge in [-0.05, 0) is 34.1 Å². The van der Waals surface area contributed by atoms with Gasteiger partial charge in [0.25, 0.3) is 0 Å². The lowest BCUT2D eigenvalue weighted by atomic mass is 10.0. The summed E-state index contributed by atoms with van der Waals surface area (Å²) in [6, 6.07) is -0.420. The Bertz CT molecular complexity index is 269. The molecular formula is C14H27NO3. The maximum Gasteiger partial charge on any atom is 0.408 e. The molecule has 0 fully saturated rings. The van der Waals surface area contributed by atoms with Crippen molar-refractivity contribution in [2.24, 2.45) is 0 Å². The quantitative estimate of drug-likeness (QED) is 0.711. The van der Waals surface area contributed by atoms with Gasteiger partial charge in [-0.15, -0.1) is 0 Å². The highest BCUT2D eigenvalue weighted by molar-refractivity contribution is 5.85. The summed E-state index contributed by atoms with van der Waals surface area (Å²) in [7, 11) is 0. The highest BCUT2D eigenvalue weighted by Crippen LogP contribution is 2.09. The molecule has 18 heavy (non-hydrogen) atoms. The van der Waals surface area contributed by atoms with Crippen molar-refractivity contribution in [1.29, 1.82) is 0 Å². The van der Waals surface area contributed by atoms with E-state index in [1.54, 1.807) is 20.8 Å². The van der Waals surface area contributed by atoms with Gasteiger partial charge in [-0.1, -0.05) is 32.6 Å². The van der Waals surface area contributed by atoms with Crippen molar-refractivity contribution in [2.75, 3.05) is 0 Å². The Hall–Kier alpha value is -1.06. The van der Waals surface area contributed by atoms with Gasteiger partial charge in [-0.2, -0.15) is 0 Å². The second-order valence-electron chi connectivity index (χ2n) is 5.66. The first-order chi connectivity index (χ1) is 8.26. The fourth-order valence-electron chi connectivity index (χ4n) is 1.60. The van der Waals surface area contributed by atoms with E-state index in [1.807, 2.05) is 0 Å². The zero-order valence-electron chi connectivity index (χ0n) is 12.3. The van der Waals surface area contributed by atoms with Gasteiger partial charge in [-0.25, -0.2) is 4.79 Å². The van der Waals surface area contributed by atoms with Crippen LogP contribution in [0.3, 0.4) is 0 Å². The van der Waals surface area contributed by atoms with Gasteiger partial charge in [0.2, 0.25) is 0 Å². The Morgan fingerprint density at radius 1 is 1.17 bits per heavy atom. The summed E-state index contributed by atoms with van der Waals surface area (Å²) in [4.78, 5) is 23.0. The molecule has 0 bridgehead atoms. The Morgan fingerprint density at radius 2 is 1.78 bits per heavy atom. The average Bonchev–Trinajstić information content (AvgIpc) is 2.19. The number of carbonyl (C=O) groups is 2. The zero-order chi connectivity index (χ0) is 14.2. The summed E-state index contributed by atoms with van der Waals surface area (Å²) in [5.74, 6) is -0.0163. The normalized spacial score (nSPS) is 12.9. The fourth-order valence-corrected chi connectivity index (χ4v) is 1.60. The molecule has 0 saturated carbocycles. The minimum atomic E-state index is -0.534. The maximum atomic E-state index is 11.6.